The molecule has 0 saturated heterocycles. The molecule has 0 atom stereocenters. The van der Waals surface area contributed by atoms with Crippen LogP contribution in [0.1, 0.15) is 36.7 Å². The summed E-state index contributed by atoms with van der Waals surface area (Å²) >= 11 is 0. The maximum Gasteiger partial charge on any atom is 0.274 e. The standard InChI is InChI=1S/C18H21FN4O2/c1-2-3-11-23(18(25)16-13-20-9-10-21-16)12-8-17(24)22-15-7-5-4-6-14(15)19/h4-7,9-10,13H,2-3,8,11-12H2,1H3,(H,22,24). The van der Waals surface area contributed by atoms with E-state index in [4.69, 9.17) is 0 Å². The number of carbonyl (C=O) groups excluding carboxylic acids is 2. The van der Waals surface area contributed by atoms with E-state index in [0.717, 1.165) is 12.8 Å². The van der Waals surface area contributed by atoms with Crippen LogP contribution in [-0.4, -0.2) is 39.8 Å². The first-order chi connectivity index (χ1) is 12.1. The fraction of sp³-hybridized carbons (Fsp3) is 0.333. The van der Waals surface area contributed by atoms with Gasteiger partial charge in [-0.1, -0.05) is 25.5 Å². The van der Waals surface area contributed by atoms with E-state index in [2.05, 4.69) is 15.3 Å². The van der Waals surface area contributed by atoms with E-state index in [1.807, 2.05) is 6.92 Å². The number of halogens is 1. The summed E-state index contributed by atoms with van der Waals surface area (Å²) in [5.41, 5.74) is 0.376. The molecule has 0 aliphatic rings. The molecule has 1 aromatic heterocycles. The number of benzene rings is 1. The van der Waals surface area contributed by atoms with Crippen molar-refractivity contribution >= 4 is 17.5 Å². The molecule has 2 amide bonds. The SMILES string of the molecule is CCCCN(CCC(=O)Nc1ccccc1F)C(=O)c1cnccn1. The van der Waals surface area contributed by atoms with Crippen LogP contribution in [0.5, 0.6) is 0 Å². The molecule has 25 heavy (non-hydrogen) atoms. The largest absolute Gasteiger partial charge is 0.337 e. The maximum absolute atomic E-state index is 13.6. The monoisotopic (exact) mass is 344 g/mol. The molecule has 2 rings (SSSR count). The van der Waals surface area contributed by atoms with Crippen LogP contribution in [0.3, 0.4) is 0 Å². The zero-order valence-electron chi connectivity index (χ0n) is 14.1. The van der Waals surface area contributed by atoms with Crippen LogP contribution in [0.25, 0.3) is 0 Å². The normalized spacial score (nSPS) is 10.3. The minimum absolute atomic E-state index is 0.0735. The topological polar surface area (TPSA) is 75.2 Å². The summed E-state index contributed by atoms with van der Waals surface area (Å²) in [5.74, 6) is -1.10. The number of carbonyl (C=O) groups is 2. The van der Waals surface area contributed by atoms with Gasteiger partial charge in [0, 0.05) is 31.9 Å². The second-order valence-corrected chi connectivity index (χ2v) is 5.51. The van der Waals surface area contributed by atoms with Crippen molar-refractivity contribution in [3.63, 3.8) is 0 Å². The van der Waals surface area contributed by atoms with Crippen LogP contribution in [0.2, 0.25) is 0 Å². The Hall–Kier alpha value is -2.83. The van der Waals surface area contributed by atoms with Gasteiger partial charge in [-0.3, -0.25) is 14.6 Å². The molecule has 7 heteroatoms. The number of rotatable bonds is 8. The Bertz CT molecular complexity index is 709. The molecule has 0 aliphatic carbocycles. The van der Waals surface area contributed by atoms with Gasteiger partial charge >= 0.3 is 0 Å². The van der Waals surface area contributed by atoms with Gasteiger partial charge in [0.1, 0.15) is 11.5 Å². The van der Waals surface area contributed by atoms with Gasteiger partial charge in [0.25, 0.3) is 5.91 Å². The molecule has 132 valence electrons. The van der Waals surface area contributed by atoms with Gasteiger partial charge in [-0.25, -0.2) is 9.37 Å². The van der Waals surface area contributed by atoms with Crippen molar-refractivity contribution < 1.29 is 14.0 Å². The maximum atomic E-state index is 13.6. The van der Waals surface area contributed by atoms with Crippen LogP contribution < -0.4 is 5.32 Å². The quantitative estimate of drug-likeness (QED) is 0.799. The molecular weight excluding hydrogens is 323 g/mol. The third-order valence-electron chi connectivity index (χ3n) is 3.61. The molecule has 2 aromatic rings. The van der Waals surface area contributed by atoms with Gasteiger partial charge in [0.05, 0.1) is 11.9 Å². The van der Waals surface area contributed by atoms with E-state index in [0.29, 0.717) is 6.54 Å². The highest BCUT2D eigenvalue weighted by molar-refractivity contribution is 5.93. The Kier molecular flexibility index (Phi) is 7.00. The van der Waals surface area contributed by atoms with Gasteiger partial charge in [0.2, 0.25) is 5.91 Å². The fourth-order valence-corrected chi connectivity index (χ4v) is 2.25. The van der Waals surface area contributed by atoms with Gasteiger partial charge in [-0.2, -0.15) is 0 Å². The molecule has 1 N–H and O–H groups in total. The molecule has 0 spiro atoms. The predicted molar refractivity (Wildman–Crippen MR) is 92.5 cm³/mol. The Morgan fingerprint density at radius 2 is 2.00 bits per heavy atom. The first kappa shape index (κ1) is 18.5. The average molecular weight is 344 g/mol. The summed E-state index contributed by atoms with van der Waals surface area (Å²) in [6, 6.07) is 5.97. The predicted octanol–water partition coefficient (Wildman–Crippen LogP) is 2.89. The second-order valence-electron chi connectivity index (χ2n) is 5.51. The fourth-order valence-electron chi connectivity index (χ4n) is 2.25. The van der Waals surface area contributed by atoms with Crippen LogP contribution in [0, 0.1) is 5.82 Å². The number of amides is 2. The van der Waals surface area contributed by atoms with Crippen LogP contribution in [0.4, 0.5) is 10.1 Å². The van der Waals surface area contributed by atoms with E-state index >= 15 is 0 Å². The van der Waals surface area contributed by atoms with Crippen molar-refractivity contribution in [3.8, 4) is 0 Å². The van der Waals surface area contributed by atoms with Crippen LogP contribution in [-0.2, 0) is 4.79 Å². The molecule has 1 aromatic carbocycles. The summed E-state index contributed by atoms with van der Waals surface area (Å²) in [5, 5.41) is 2.52. The summed E-state index contributed by atoms with van der Waals surface area (Å²) in [6.07, 6.45) is 6.17. The minimum Gasteiger partial charge on any atom is -0.337 e. The molecule has 0 aliphatic heterocycles. The van der Waals surface area contributed by atoms with E-state index in [9.17, 15) is 14.0 Å². The Morgan fingerprint density at radius 3 is 2.68 bits per heavy atom. The van der Waals surface area contributed by atoms with E-state index in [1.54, 1.807) is 17.0 Å². The molecule has 0 saturated carbocycles. The lowest BCUT2D eigenvalue weighted by Crippen LogP contribution is -2.35. The average Bonchev–Trinajstić information content (AvgIpc) is 2.64. The number of hydrogen-bond donors (Lipinski definition) is 1. The number of hydrogen-bond acceptors (Lipinski definition) is 4. The molecule has 6 nitrogen and oxygen atoms in total. The highest BCUT2D eigenvalue weighted by Crippen LogP contribution is 2.13. The first-order valence-corrected chi connectivity index (χ1v) is 8.21. The molecule has 0 bridgehead atoms. The van der Waals surface area contributed by atoms with Crippen molar-refractivity contribution in [1.29, 1.82) is 0 Å². The van der Waals surface area contributed by atoms with Crippen molar-refractivity contribution in [1.82, 2.24) is 14.9 Å². The smallest absolute Gasteiger partial charge is 0.274 e. The third kappa shape index (κ3) is 5.63. The minimum atomic E-state index is -0.491. The second kappa shape index (κ2) is 9.46. The van der Waals surface area contributed by atoms with E-state index < -0.39 is 5.82 Å². The highest BCUT2D eigenvalue weighted by Gasteiger charge is 2.18. The Balaban J connectivity index is 1.96. The zero-order chi connectivity index (χ0) is 18.1. The number of nitrogens with zero attached hydrogens (tertiary/aromatic N) is 3. The van der Waals surface area contributed by atoms with Gasteiger partial charge in [0.15, 0.2) is 0 Å². The zero-order valence-corrected chi connectivity index (χ0v) is 14.1. The number of para-hydroxylation sites is 1. The van der Waals surface area contributed by atoms with Crippen molar-refractivity contribution in [3.05, 3.63) is 54.4 Å². The van der Waals surface area contributed by atoms with Crippen LogP contribution in [0.15, 0.2) is 42.9 Å². The summed E-state index contributed by atoms with van der Waals surface area (Å²) < 4.78 is 13.6. The van der Waals surface area contributed by atoms with Gasteiger partial charge in [-0.15, -0.1) is 0 Å². The Labute approximate surface area is 146 Å². The van der Waals surface area contributed by atoms with Gasteiger partial charge < -0.3 is 10.2 Å². The first-order valence-electron chi connectivity index (χ1n) is 8.21. The number of aromatic nitrogens is 2. The number of nitrogens with one attached hydrogen (secondary N) is 1. The summed E-state index contributed by atoms with van der Waals surface area (Å²) in [7, 11) is 0. The van der Waals surface area contributed by atoms with E-state index in [-0.39, 0.29) is 36.2 Å². The van der Waals surface area contributed by atoms with Crippen molar-refractivity contribution in [2.75, 3.05) is 18.4 Å². The molecule has 1 heterocycles. The number of anilines is 1. The highest BCUT2D eigenvalue weighted by atomic mass is 19.1. The van der Waals surface area contributed by atoms with E-state index in [1.165, 1.54) is 30.7 Å². The van der Waals surface area contributed by atoms with Crippen LogP contribution >= 0.6 is 0 Å². The Morgan fingerprint density at radius 1 is 1.20 bits per heavy atom. The number of unbranched alkanes of at least 4 members (excludes halogenated alkanes) is 1. The summed E-state index contributed by atoms with van der Waals surface area (Å²) in [6.45, 7) is 2.78. The van der Waals surface area contributed by atoms with Crippen molar-refractivity contribution in [2.45, 2.75) is 26.2 Å². The molecule has 0 fully saturated rings. The lowest BCUT2D eigenvalue weighted by Gasteiger charge is -2.21. The molecular formula is C18H21FN4O2. The lowest BCUT2D eigenvalue weighted by molar-refractivity contribution is -0.116. The third-order valence-corrected chi connectivity index (χ3v) is 3.61. The molecule has 0 radical (unpaired) electrons. The molecule has 0 unspecified atom stereocenters. The summed E-state index contributed by atoms with van der Waals surface area (Å²) in [4.78, 5) is 34.1. The lowest BCUT2D eigenvalue weighted by atomic mass is 10.2. The van der Waals surface area contributed by atoms with Crippen molar-refractivity contribution in [2.24, 2.45) is 0 Å². The van der Waals surface area contributed by atoms with Gasteiger partial charge in [-0.05, 0) is 18.6 Å².